The van der Waals surface area contributed by atoms with Gasteiger partial charge in [-0.3, -0.25) is 0 Å². The van der Waals surface area contributed by atoms with Crippen molar-refractivity contribution in [3.8, 4) is 0 Å². The Hall–Kier alpha value is -0.710. The van der Waals surface area contributed by atoms with Crippen LogP contribution in [0.4, 0.5) is 8.78 Å². The second-order valence-corrected chi connectivity index (χ2v) is 3.05. The van der Waals surface area contributed by atoms with Crippen molar-refractivity contribution in [3.63, 3.8) is 0 Å². The summed E-state index contributed by atoms with van der Waals surface area (Å²) in [7, 11) is 0. The first-order valence-corrected chi connectivity index (χ1v) is 3.59. The number of alkyl halides is 2. The van der Waals surface area contributed by atoms with Gasteiger partial charge in [0, 0.05) is 20.3 Å². The molecule has 1 aliphatic rings. The molecule has 0 aromatic rings. The number of ether oxygens (including phenoxy) is 2. The van der Waals surface area contributed by atoms with Crippen LogP contribution < -0.4 is 0 Å². The molecule has 5 heteroatoms. The minimum absolute atomic E-state index is 0.595. The average molecular weight is 180 g/mol. The van der Waals surface area contributed by atoms with Crippen molar-refractivity contribution in [1.82, 2.24) is 0 Å². The first-order chi connectivity index (χ1) is 5.41. The molecular weight excluding hydrogens is 170 g/mol. The van der Waals surface area contributed by atoms with E-state index in [0.29, 0.717) is 0 Å². The smallest absolute Gasteiger partial charge is 0.338 e. The maximum Gasteiger partial charge on any atom is 0.338 e. The molecule has 0 aromatic heterocycles. The van der Waals surface area contributed by atoms with E-state index in [2.05, 4.69) is 4.74 Å². The highest BCUT2D eigenvalue weighted by Crippen LogP contribution is 2.26. The summed E-state index contributed by atoms with van der Waals surface area (Å²) < 4.78 is 33.2. The molecule has 0 N–H and O–H groups in total. The zero-order chi connectivity index (χ0) is 9.35. The van der Waals surface area contributed by atoms with E-state index >= 15 is 0 Å². The molecule has 70 valence electrons. The van der Waals surface area contributed by atoms with E-state index in [4.69, 9.17) is 4.74 Å². The van der Waals surface area contributed by atoms with Gasteiger partial charge in [-0.15, -0.1) is 0 Å². The van der Waals surface area contributed by atoms with E-state index in [9.17, 15) is 13.6 Å². The standard InChI is InChI=1S/C7H10F2O3/c1-7(2)11-4(3-5(8)9)6(10)12-7/h4-5H,3H2,1-2H3/t4-/m1/s1. The molecule has 0 aromatic carbocycles. The van der Waals surface area contributed by atoms with Crippen molar-refractivity contribution >= 4 is 5.97 Å². The molecule has 0 aliphatic carbocycles. The maximum atomic E-state index is 11.8. The van der Waals surface area contributed by atoms with Gasteiger partial charge in [0.2, 0.25) is 12.2 Å². The quantitative estimate of drug-likeness (QED) is 0.601. The molecule has 0 unspecified atom stereocenters. The Morgan fingerprint density at radius 2 is 2.17 bits per heavy atom. The second kappa shape index (κ2) is 2.97. The Balaban J connectivity index is 2.53. The minimum Gasteiger partial charge on any atom is -0.432 e. The number of halogens is 2. The Kier molecular flexibility index (Phi) is 2.32. The molecule has 1 saturated heterocycles. The van der Waals surface area contributed by atoms with Crippen LogP contribution in [0.25, 0.3) is 0 Å². The van der Waals surface area contributed by atoms with Crippen LogP contribution in [0.5, 0.6) is 0 Å². The zero-order valence-electron chi connectivity index (χ0n) is 6.84. The van der Waals surface area contributed by atoms with E-state index in [0.717, 1.165) is 0 Å². The molecule has 0 radical (unpaired) electrons. The monoisotopic (exact) mass is 180 g/mol. The normalized spacial score (nSPS) is 27.8. The minimum atomic E-state index is -2.54. The molecule has 12 heavy (non-hydrogen) atoms. The molecule has 1 aliphatic heterocycles. The maximum absolute atomic E-state index is 11.8. The van der Waals surface area contributed by atoms with Gasteiger partial charge >= 0.3 is 5.97 Å². The summed E-state index contributed by atoms with van der Waals surface area (Å²) in [5, 5.41) is 0. The van der Waals surface area contributed by atoms with Gasteiger partial charge in [-0.05, 0) is 0 Å². The van der Waals surface area contributed by atoms with Crippen molar-refractivity contribution in [1.29, 1.82) is 0 Å². The number of rotatable bonds is 2. The summed E-state index contributed by atoms with van der Waals surface area (Å²) in [6, 6.07) is 0. The van der Waals surface area contributed by atoms with Crippen LogP contribution >= 0.6 is 0 Å². The van der Waals surface area contributed by atoms with E-state index in [-0.39, 0.29) is 0 Å². The largest absolute Gasteiger partial charge is 0.432 e. The first-order valence-electron chi connectivity index (χ1n) is 3.59. The van der Waals surface area contributed by atoms with Crippen molar-refractivity contribution in [2.75, 3.05) is 0 Å². The topological polar surface area (TPSA) is 35.5 Å². The van der Waals surface area contributed by atoms with Crippen LogP contribution in [0.1, 0.15) is 20.3 Å². The third-order valence-corrected chi connectivity index (χ3v) is 1.43. The fourth-order valence-corrected chi connectivity index (χ4v) is 1.03. The lowest BCUT2D eigenvalue weighted by molar-refractivity contribution is -0.161. The highest BCUT2D eigenvalue weighted by Gasteiger charge is 2.42. The van der Waals surface area contributed by atoms with Gasteiger partial charge in [0.15, 0.2) is 6.10 Å². The summed E-state index contributed by atoms with van der Waals surface area (Å²) >= 11 is 0. The molecule has 1 heterocycles. The van der Waals surface area contributed by atoms with Crippen LogP contribution in [0, 0.1) is 0 Å². The molecule has 3 nitrogen and oxygen atoms in total. The number of cyclic esters (lactones) is 1. The molecular formula is C7H10F2O3. The zero-order valence-corrected chi connectivity index (χ0v) is 6.84. The third-order valence-electron chi connectivity index (χ3n) is 1.43. The Morgan fingerprint density at radius 1 is 1.58 bits per heavy atom. The number of hydrogen-bond donors (Lipinski definition) is 0. The predicted molar refractivity (Wildman–Crippen MR) is 35.7 cm³/mol. The van der Waals surface area contributed by atoms with E-state index in [1.807, 2.05) is 0 Å². The Labute approximate surface area is 68.6 Å². The lowest BCUT2D eigenvalue weighted by Crippen LogP contribution is -2.22. The fraction of sp³-hybridized carbons (Fsp3) is 0.857. The third kappa shape index (κ3) is 2.14. The molecule has 1 fully saturated rings. The van der Waals surface area contributed by atoms with Gasteiger partial charge in [-0.1, -0.05) is 0 Å². The Bertz CT molecular complexity index is 191. The van der Waals surface area contributed by atoms with Crippen molar-refractivity contribution in [3.05, 3.63) is 0 Å². The fourth-order valence-electron chi connectivity index (χ4n) is 1.03. The highest BCUT2D eigenvalue weighted by molar-refractivity contribution is 5.76. The average Bonchev–Trinajstić information content (AvgIpc) is 2.03. The molecule has 0 bridgehead atoms. The number of carbonyl (C=O) groups is 1. The van der Waals surface area contributed by atoms with Gasteiger partial charge in [-0.25, -0.2) is 13.6 Å². The van der Waals surface area contributed by atoms with Crippen molar-refractivity contribution < 1.29 is 23.0 Å². The number of hydrogen-bond acceptors (Lipinski definition) is 3. The lowest BCUT2D eigenvalue weighted by Gasteiger charge is -2.14. The summed E-state index contributed by atoms with van der Waals surface area (Å²) in [4.78, 5) is 10.8. The van der Waals surface area contributed by atoms with E-state index in [1.54, 1.807) is 0 Å². The van der Waals surface area contributed by atoms with Gasteiger partial charge < -0.3 is 9.47 Å². The number of esters is 1. The summed E-state index contributed by atoms with van der Waals surface area (Å²) in [6.07, 6.45) is -4.25. The van der Waals surface area contributed by atoms with E-state index in [1.165, 1.54) is 13.8 Å². The summed E-state index contributed by atoms with van der Waals surface area (Å²) in [6.45, 7) is 3.02. The van der Waals surface area contributed by atoms with Gasteiger partial charge in [0.25, 0.3) is 0 Å². The summed E-state index contributed by atoms with van der Waals surface area (Å²) in [5.74, 6) is -1.77. The van der Waals surface area contributed by atoms with Crippen LogP contribution in [0.15, 0.2) is 0 Å². The molecule has 0 spiro atoms. The van der Waals surface area contributed by atoms with E-state index < -0.39 is 30.7 Å². The second-order valence-electron chi connectivity index (χ2n) is 3.05. The first kappa shape index (κ1) is 9.38. The molecule has 0 amide bonds. The summed E-state index contributed by atoms with van der Waals surface area (Å²) in [5.41, 5.74) is 0. The van der Waals surface area contributed by atoms with Crippen LogP contribution in [-0.4, -0.2) is 24.3 Å². The highest BCUT2D eigenvalue weighted by atomic mass is 19.3. The van der Waals surface area contributed by atoms with Gasteiger partial charge in [0.1, 0.15) is 0 Å². The van der Waals surface area contributed by atoms with Gasteiger partial charge in [0.05, 0.1) is 0 Å². The van der Waals surface area contributed by atoms with Crippen LogP contribution in [0.3, 0.4) is 0 Å². The predicted octanol–water partition coefficient (Wildman–Crippen LogP) is 1.32. The van der Waals surface area contributed by atoms with Gasteiger partial charge in [-0.2, -0.15) is 0 Å². The Morgan fingerprint density at radius 3 is 2.50 bits per heavy atom. The molecule has 0 saturated carbocycles. The van der Waals surface area contributed by atoms with Crippen LogP contribution in [0.2, 0.25) is 0 Å². The lowest BCUT2D eigenvalue weighted by atomic mass is 10.3. The SMILES string of the molecule is CC1(C)OC(=O)[C@@H](CC(F)F)O1. The molecule has 1 atom stereocenters. The van der Waals surface area contributed by atoms with Crippen molar-refractivity contribution in [2.45, 2.75) is 38.6 Å². The molecule has 1 rings (SSSR count). The van der Waals surface area contributed by atoms with Crippen LogP contribution in [-0.2, 0) is 14.3 Å². The van der Waals surface area contributed by atoms with Crippen molar-refractivity contribution in [2.24, 2.45) is 0 Å². The number of carbonyl (C=O) groups excluding carboxylic acids is 1.